The van der Waals surface area contributed by atoms with Gasteiger partial charge in [0.15, 0.2) is 5.78 Å². The van der Waals surface area contributed by atoms with E-state index in [1.165, 1.54) is 0 Å². The molecule has 0 radical (unpaired) electrons. The van der Waals surface area contributed by atoms with Crippen LogP contribution in [0.15, 0.2) is 30.5 Å². The van der Waals surface area contributed by atoms with Gasteiger partial charge < -0.3 is 0 Å². The maximum atomic E-state index is 12.7. The Morgan fingerprint density at radius 1 is 1.10 bits per heavy atom. The molecule has 2 atom stereocenters. The Balaban J connectivity index is 1.63. The molecule has 1 aromatic heterocycles. The third-order valence-corrected chi connectivity index (χ3v) is 6.80. The highest BCUT2D eigenvalue weighted by molar-refractivity contribution is 7.86. The fourth-order valence-corrected chi connectivity index (χ4v) is 5.66. The van der Waals surface area contributed by atoms with Crippen LogP contribution < -0.4 is 0 Å². The van der Waals surface area contributed by atoms with E-state index in [4.69, 9.17) is 0 Å². The fraction of sp³-hybridized carbons (Fsp3) is 0.438. The summed E-state index contributed by atoms with van der Waals surface area (Å²) >= 11 is 0. The summed E-state index contributed by atoms with van der Waals surface area (Å²) in [4.78, 5) is 21.4. The van der Waals surface area contributed by atoms with Crippen molar-refractivity contribution in [1.82, 2.24) is 9.97 Å². The Kier molecular flexibility index (Phi) is 3.10. The number of carbonyl (C=O) groups excluding carboxylic acids is 1. The lowest BCUT2D eigenvalue weighted by molar-refractivity contribution is 0.0901. The normalized spacial score (nSPS) is 31.4. The fourth-order valence-electron chi connectivity index (χ4n) is 3.53. The zero-order chi connectivity index (χ0) is 14.4. The average molecular weight is 300 g/mol. The third kappa shape index (κ3) is 2.20. The number of benzene rings is 1. The molecule has 0 amide bonds. The Morgan fingerprint density at radius 2 is 1.76 bits per heavy atom. The molecule has 2 unspecified atom stereocenters. The molecule has 3 heterocycles. The standard InChI is InChI=1S/C16H16N2O2S/c19-16(10-7-11-5-6-12(8-10)21(11)20)15-9-17-13-3-1-2-4-14(13)18-15/h1-4,9-12H,5-8H2. The second kappa shape index (κ2) is 4.98. The smallest absolute Gasteiger partial charge is 0.185 e. The third-order valence-electron chi connectivity index (χ3n) is 4.63. The van der Waals surface area contributed by atoms with Crippen LogP contribution in [-0.4, -0.2) is 30.5 Å². The molecule has 0 spiro atoms. The number of hydrogen-bond donors (Lipinski definition) is 0. The minimum atomic E-state index is -0.723. The van der Waals surface area contributed by atoms with Crippen LogP contribution >= 0.6 is 0 Å². The van der Waals surface area contributed by atoms with E-state index in [2.05, 4.69) is 9.97 Å². The Bertz CT molecular complexity index is 730. The van der Waals surface area contributed by atoms with Crippen molar-refractivity contribution in [2.75, 3.05) is 0 Å². The summed E-state index contributed by atoms with van der Waals surface area (Å²) in [6, 6.07) is 7.57. The SMILES string of the molecule is O=C(c1cnc2ccccc2n1)C1CC2CCC(C1)S2=O. The number of carbonyl (C=O) groups is 1. The van der Waals surface area contributed by atoms with Gasteiger partial charge in [-0.3, -0.25) is 14.0 Å². The van der Waals surface area contributed by atoms with Crippen LogP contribution in [-0.2, 0) is 10.8 Å². The molecule has 2 saturated heterocycles. The summed E-state index contributed by atoms with van der Waals surface area (Å²) in [5, 5.41) is 0.428. The van der Waals surface area contributed by atoms with Crippen molar-refractivity contribution < 1.29 is 9.00 Å². The number of nitrogens with zero attached hydrogens (tertiary/aromatic N) is 2. The van der Waals surface area contributed by atoms with Gasteiger partial charge in [0, 0.05) is 27.2 Å². The van der Waals surface area contributed by atoms with Crippen LogP contribution in [0.25, 0.3) is 11.0 Å². The van der Waals surface area contributed by atoms with E-state index in [-0.39, 0.29) is 22.2 Å². The lowest BCUT2D eigenvalue weighted by Gasteiger charge is -2.25. The highest BCUT2D eigenvalue weighted by atomic mass is 32.2. The molecule has 2 aliphatic rings. The first-order valence-corrected chi connectivity index (χ1v) is 8.65. The topological polar surface area (TPSA) is 59.9 Å². The van der Waals surface area contributed by atoms with Crippen molar-refractivity contribution in [3.8, 4) is 0 Å². The Labute approximate surface area is 125 Å². The number of rotatable bonds is 2. The lowest BCUT2D eigenvalue weighted by Crippen LogP contribution is -2.32. The minimum Gasteiger partial charge on any atom is -0.292 e. The summed E-state index contributed by atoms with van der Waals surface area (Å²) < 4.78 is 12.0. The molecule has 2 bridgehead atoms. The number of hydrogen-bond acceptors (Lipinski definition) is 4. The maximum absolute atomic E-state index is 12.7. The molecule has 2 aromatic rings. The number of aromatic nitrogens is 2. The van der Waals surface area contributed by atoms with Gasteiger partial charge in [-0.15, -0.1) is 0 Å². The van der Waals surface area contributed by atoms with E-state index >= 15 is 0 Å². The predicted octanol–water partition coefficient (Wildman–Crippen LogP) is 2.50. The molecule has 0 N–H and O–H groups in total. The van der Waals surface area contributed by atoms with Crippen LogP contribution in [0.5, 0.6) is 0 Å². The first kappa shape index (κ1) is 13.1. The van der Waals surface area contributed by atoms with Crippen LogP contribution in [0.3, 0.4) is 0 Å². The van der Waals surface area contributed by atoms with Gasteiger partial charge in [-0.05, 0) is 37.8 Å². The summed E-state index contributed by atoms with van der Waals surface area (Å²) in [5.41, 5.74) is 2.01. The summed E-state index contributed by atoms with van der Waals surface area (Å²) in [5.74, 6) is 0.0394. The largest absolute Gasteiger partial charge is 0.292 e. The molecule has 0 aliphatic carbocycles. The Morgan fingerprint density at radius 3 is 2.48 bits per heavy atom. The van der Waals surface area contributed by atoms with E-state index in [0.717, 1.165) is 36.7 Å². The average Bonchev–Trinajstić information content (AvgIpc) is 2.75. The number of ketones is 1. The van der Waals surface area contributed by atoms with Gasteiger partial charge in [-0.25, -0.2) is 4.98 Å². The summed E-state index contributed by atoms with van der Waals surface area (Å²) in [6.07, 6.45) is 5.08. The van der Waals surface area contributed by atoms with Gasteiger partial charge in [0.25, 0.3) is 0 Å². The first-order chi connectivity index (χ1) is 10.2. The van der Waals surface area contributed by atoms with Gasteiger partial charge in [0.2, 0.25) is 0 Å². The quantitative estimate of drug-likeness (QED) is 0.800. The molecule has 108 valence electrons. The van der Waals surface area contributed by atoms with E-state index in [1.54, 1.807) is 6.20 Å². The number of fused-ring (bicyclic) bond motifs is 3. The summed E-state index contributed by atoms with van der Waals surface area (Å²) in [7, 11) is -0.723. The van der Waals surface area contributed by atoms with Gasteiger partial charge in [0.05, 0.1) is 17.2 Å². The van der Waals surface area contributed by atoms with Gasteiger partial charge in [0.1, 0.15) is 5.69 Å². The van der Waals surface area contributed by atoms with Crippen molar-refractivity contribution >= 4 is 27.6 Å². The second-order valence-corrected chi connectivity index (χ2v) is 7.92. The first-order valence-electron chi connectivity index (χ1n) is 7.38. The van der Waals surface area contributed by atoms with E-state index in [1.807, 2.05) is 24.3 Å². The zero-order valence-electron chi connectivity index (χ0n) is 11.6. The molecule has 4 rings (SSSR count). The van der Waals surface area contributed by atoms with Crippen molar-refractivity contribution in [3.05, 3.63) is 36.2 Å². The van der Waals surface area contributed by atoms with Crippen LogP contribution in [0.1, 0.15) is 36.2 Å². The van der Waals surface area contributed by atoms with E-state index in [0.29, 0.717) is 5.69 Å². The molecule has 21 heavy (non-hydrogen) atoms. The highest BCUT2D eigenvalue weighted by Crippen LogP contribution is 2.39. The zero-order valence-corrected chi connectivity index (χ0v) is 12.4. The maximum Gasteiger partial charge on any atom is 0.185 e. The molecule has 0 saturated carbocycles. The van der Waals surface area contributed by atoms with Gasteiger partial charge >= 0.3 is 0 Å². The van der Waals surface area contributed by atoms with Crippen LogP contribution in [0, 0.1) is 5.92 Å². The van der Waals surface area contributed by atoms with Gasteiger partial charge in [-0.2, -0.15) is 0 Å². The van der Waals surface area contributed by atoms with Crippen molar-refractivity contribution in [2.24, 2.45) is 5.92 Å². The summed E-state index contributed by atoms with van der Waals surface area (Å²) in [6.45, 7) is 0. The van der Waals surface area contributed by atoms with E-state index in [9.17, 15) is 9.00 Å². The number of para-hydroxylation sites is 2. The monoisotopic (exact) mass is 300 g/mol. The molecular weight excluding hydrogens is 284 g/mol. The lowest BCUT2D eigenvalue weighted by atomic mass is 9.93. The molecule has 2 aliphatic heterocycles. The highest BCUT2D eigenvalue weighted by Gasteiger charge is 2.43. The van der Waals surface area contributed by atoms with E-state index < -0.39 is 10.8 Å². The Hall–Kier alpha value is -1.62. The van der Waals surface area contributed by atoms with Crippen LogP contribution in [0.2, 0.25) is 0 Å². The van der Waals surface area contributed by atoms with Crippen LogP contribution in [0.4, 0.5) is 0 Å². The molecule has 4 nitrogen and oxygen atoms in total. The molecule has 5 heteroatoms. The number of Topliss-reactive ketones (excluding diaryl/α,β-unsaturated/α-hetero) is 1. The second-order valence-electron chi connectivity index (χ2n) is 5.93. The molecule has 2 fully saturated rings. The van der Waals surface area contributed by atoms with Gasteiger partial charge in [-0.1, -0.05) is 12.1 Å². The minimum absolute atomic E-state index is 0.0318. The predicted molar refractivity (Wildman–Crippen MR) is 81.5 cm³/mol. The molecular formula is C16H16N2O2S. The molecule has 1 aromatic carbocycles. The van der Waals surface area contributed by atoms with Crippen molar-refractivity contribution in [1.29, 1.82) is 0 Å². The van der Waals surface area contributed by atoms with Crippen molar-refractivity contribution in [3.63, 3.8) is 0 Å². The van der Waals surface area contributed by atoms with Crippen molar-refractivity contribution in [2.45, 2.75) is 36.2 Å².